The smallest absolute Gasteiger partial charge is 0.335 e. The van der Waals surface area contributed by atoms with Crippen molar-refractivity contribution in [3.8, 4) is 33.9 Å². The molecule has 1 unspecified atom stereocenters. The lowest BCUT2D eigenvalue weighted by atomic mass is 10.0. The van der Waals surface area contributed by atoms with Crippen LogP contribution in [-0.4, -0.2) is 31.1 Å². The third kappa shape index (κ3) is 7.35. The molecule has 4 aromatic carbocycles. The number of ether oxygens (including phenoxy) is 1. The van der Waals surface area contributed by atoms with Crippen LogP contribution >= 0.6 is 23.2 Å². The molecule has 2 N–H and O–H groups in total. The first kappa shape index (κ1) is 30.1. The first-order valence-corrected chi connectivity index (χ1v) is 15.6. The normalized spacial score (nSPS) is 11.9. The van der Waals surface area contributed by atoms with Gasteiger partial charge in [-0.05, 0) is 78.2 Å². The van der Waals surface area contributed by atoms with Crippen molar-refractivity contribution in [2.45, 2.75) is 13.5 Å². The Morgan fingerprint density at radius 2 is 1.67 bits per heavy atom. The number of imidazole rings is 1. The fourth-order valence-corrected chi connectivity index (χ4v) is 5.40. The number of carboxylic acid groups (broad SMARTS) is 1. The molecule has 0 aliphatic carbocycles. The van der Waals surface area contributed by atoms with Crippen LogP contribution < -0.4 is 9.46 Å². The van der Waals surface area contributed by atoms with Gasteiger partial charge in [0.1, 0.15) is 22.6 Å². The van der Waals surface area contributed by atoms with Crippen molar-refractivity contribution in [2.24, 2.45) is 0 Å². The highest BCUT2D eigenvalue weighted by molar-refractivity contribution is 7.85. The quantitative estimate of drug-likeness (QED) is 0.160. The van der Waals surface area contributed by atoms with Crippen molar-refractivity contribution >= 4 is 58.0 Å². The summed E-state index contributed by atoms with van der Waals surface area (Å²) in [5.74, 6) is 0.672. The summed E-state index contributed by atoms with van der Waals surface area (Å²) in [7, 11) is -1.40. The summed E-state index contributed by atoms with van der Waals surface area (Å²) >= 11 is 12.5. The molecular formula is C33H27Cl2N3O4S. The van der Waals surface area contributed by atoms with E-state index in [4.69, 9.17) is 32.9 Å². The van der Waals surface area contributed by atoms with Crippen molar-refractivity contribution in [1.82, 2.24) is 9.55 Å². The zero-order chi connectivity index (χ0) is 30.5. The van der Waals surface area contributed by atoms with Crippen molar-refractivity contribution < 1.29 is 18.8 Å². The second kappa shape index (κ2) is 13.3. The van der Waals surface area contributed by atoms with Crippen LogP contribution in [0.25, 0.3) is 34.5 Å². The van der Waals surface area contributed by atoms with Crippen LogP contribution in [0.1, 0.15) is 28.7 Å². The van der Waals surface area contributed by atoms with E-state index in [1.807, 2.05) is 72.9 Å². The number of benzene rings is 4. The zero-order valence-corrected chi connectivity index (χ0v) is 25.6. The molecule has 0 bridgehead atoms. The Kier molecular flexibility index (Phi) is 9.31. The molecule has 1 atom stereocenters. The van der Waals surface area contributed by atoms with Crippen molar-refractivity contribution in [1.29, 1.82) is 0 Å². The first-order valence-electron chi connectivity index (χ1n) is 13.3. The second-order valence-electron chi connectivity index (χ2n) is 9.55. The van der Waals surface area contributed by atoms with E-state index in [9.17, 15) is 14.1 Å². The minimum Gasteiger partial charge on any atom is -0.478 e. The van der Waals surface area contributed by atoms with E-state index in [1.54, 1.807) is 18.2 Å². The van der Waals surface area contributed by atoms with Gasteiger partial charge in [-0.3, -0.25) is 0 Å². The molecule has 5 aromatic rings. The topological polar surface area (TPSA) is 93.5 Å². The van der Waals surface area contributed by atoms with Crippen molar-refractivity contribution in [3.63, 3.8) is 0 Å². The van der Waals surface area contributed by atoms with Gasteiger partial charge in [-0.15, -0.1) is 0 Å². The maximum atomic E-state index is 11.7. The number of hydrogen-bond acceptors (Lipinski definition) is 4. The van der Waals surface area contributed by atoms with Crippen molar-refractivity contribution in [2.75, 3.05) is 11.0 Å². The molecule has 0 aliphatic rings. The summed E-state index contributed by atoms with van der Waals surface area (Å²) < 4.78 is 22.5. The molecule has 5 rings (SSSR count). The van der Waals surface area contributed by atoms with Crippen LogP contribution in [0.2, 0.25) is 10.0 Å². The van der Waals surface area contributed by atoms with Gasteiger partial charge in [-0.2, -0.15) is 0 Å². The van der Waals surface area contributed by atoms with E-state index in [2.05, 4.69) is 16.2 Å². The monoisotopic (exact) mass is 631 g/mol. The maximum Gasteiger partial charge on any atom is 0.335 e. The Morgan fingerprint density at radius 1 is 0.977 bits per heavy atom. The average molecular weight is 633 g/mol. The third-order valence-corrected chi connectivity index (χ3v) is 7.64. The van der Waals surface area contributed by atoms with E-state index >= 15 is 0 Å². The summed E-state index contributed by atoms with van der Waals surface area (Å²) in [5, 5.41) is 10.4. The number of halogens is 2. The summed E-state index contributed by atoms with van der Waals surface area (Å²) in [5.41, 5.74) is 5.09. The number of aromatic nitrogens is 2. The summed E-state index contributed by atoms with van der Waals surface area (Å²) in [6, 6.07) is 25.5. The molecule has 1 aromatic heterocycles. The Morgan fingerprint density at radius 3 is 2.30 bits per heavy atom. The molecule has 0 spiro atoms. The largest absolute Gasteiger partial charge is 0.478 e. The number of carbonyl (C=O) groups is 1. The molecule has 43 heavy (non-hydrogen) atoms. The summed E-state index contributed by atoms with van der Waals surface area (Å²) in [6.07, 6.45) is 7.45. The van der Waals surface area contributed by atoms with Gasteiger partial charge in [0.05, 0.1) is 22.0 Å². The molecule has 0 amide bonds. The molecule has 7 nitrogen and oxygen atoms in total. The molecule has 218 valence electrons. The molecule has 1 heterocycles. The first-order chi connectivity index (χ1) is 20.7. The lowest BCUT2D eigenvalue weighted by molar-refractivity contribution is 0.0697. The predicted molar refractivity (Wildman–Crippen MR) is 175 cm³/mol. The molecule has 0 fully saturated rings. The number of aryl methyl sites for hydroxylation is 1. The van der Waals surface area contributed by atoms with E-state index < -0.39 is 17.0 Å². The van der Waals surface area contributed by atoms with Crippen LogP contribution in [0.4, 0.5) is 5.69 Å². The fraction of sp³-hybridized carbons (Fsp3) is 0.0909. The van der Waals surface area contributed by atoms with E-state index in [0.717, 1.165) is 40.3 Å². The highest BCUT2D eigenvalue weighted by Gasteiger charge is 2.13. The van der Waals surface area contributed by atoms with E-state index in [0.29, 0.717) is 27.2 Å². The van der Waals surface area contributed by atoms with Crippen LogP contribution in [0.5, 0.6) is 11.5 Å². The molecule has 0 saturated carbocycles. The Balaban J connectivity index is 1.29. The standard InChI is InChI=1S/C33H27Cl2N3O4S/c1-3-38-20-30(27-15-12-25(34)19-28(27)35)36-32(38)17-6-21-4-7-22(8-5-21)23-9-13-26(14-10-23)42-31-16-11-24(33(39)40)18-29(31)37-43(2)41/h4-20,37H,3H2,1-2H3,(H,39,40)/b17-6+. The number of rotatable bonds is 10. The Hall–Kier alpha value is -4.37. The van der Waals surface area contributed by atoms with Gasteiger partial charge in [-0.25, -0.2) is 14.0 Å². The van der Waals surface area contributed by atoms with E-state index in [1.165, 1.54) is 18.4 Å². The number of anilines is 1. The van der Waals surface area contributed by atoms with Gasteiger partial charge in [0.25, 0.3) is 0 Å². The highest BCUT2D eigenvalue weighted by atomic mass is 35.5. The summed E-state index contributed by atoms with van der Waals surface area (Å²) in [4.78, 5) is 16.1. The van der Waals surface area contributed by atoms with Gasteiger partial charge in [0.15, 0.2) is 5.75 Å². The molecule has 10 heteroatoms. The van der Waals surface area contributed by atoms with Crippen LogP contribution in [0.3, 0.4) is 0 Å². The molecule has 0 saturated heterocycles. The lowest BCUT2D eigenvalue weighted by Gasteiger charge is -2.13. The summed E-state index contributed by atoms with van der Waals surface area (Å²) in [6.45, 7) is 2.83. The van der Waals surface area contributed by atoms with Crippen LogP contribution in [0, 0.1) is 0 Å². The van der Waals surface area contributed by atoms with Gasteiger partial charge >= 0.3 is 5.97 Å². The van der Waals surface area contributed by atoms with Gasteiger partial charge < -0.3 is 19.1 Å². The fourth-order valence-electron chi connectivity index (χ4n) is 4.43. The van der Waals surface area contributed by atoms with Crippen molar-refractivity contribution in [3.05, 3.63) is 118 Å². The maximum absolute atomic E-state index is 11.7. The third-order valence-electron chi connectivity index (χ3n) is 6.59. The molecular weight excluding hydrogens is 605 g/mol. The Bertz CT molecular complexity index is 1830. The predicted octanol–water partition coefficient (Wildman–Crippen LogP) is 8.91. The minimum atomic E-state index is -1.40. The number of hydrogen-bond donors (Lipinski definition) is 2. The Labute approximate surface area is 262 Å². The number of nitrogens with one attached hydrogen (secondary N) is 1. The minimum absolute atomic E-state index is 0.0668. The van der Waals surface area contributed by atoms with Gasteiger partial charge in [0.2, 0.25) is 0 Å². The number of aromatic carboxylic acids is 1. The van der Waals surface area contributed by atoms with Crippen LogP contribution in [-0.2, 0) is 17.5 Å². The number of nitrogens with zero attached hydrogens (tertiary/aromatic N) is 2. The zero-order valence-electron chi connectivity index (χ0n) is 23.3. The second-order valence-corrected chi connectivity index (χ2v) is 11.5. The van der Waals surface area contributed by atoms with Crippen LogP contribution in [0.15, 0.2) is 91.1 Å². The average Bonchev–Trinajstić information content (AvgIpc) is 3.40. The SMILES string of the molecule is CCn1cc(-c2ccc(Cl)cc2Cl)nc1/C=C/c1ccc(-c2ccc(Oc3ccc(C(=O)O)cc3NS(C)=O)cc2)cc1. The van der Waals surface area contributed by atoms with Gasteiger partial charge in [-0.1, -0.05) is 65.7 Å². The lowest BCUT2D eigenvalue weighted by Crippen LogP contribution is -2.05. The van der Waals surface area contributed by atoms with Gasteiger partial charge in [0, 0.05) is 29.6 Å². The highest BCUT2D eigenvalue weighted by Crippen LogP contribution is 2.33. The number of carboxylic acids is 1. The molecule has 0 radical (unpaired) electrons. The molecule has 0 aliphatic heterocycles. The van der Waals surface area contributed by atoms with E-state index in [-0.39, 0.29) is 5.56 Å².